The van der Waals surface area contributed by atoms with E-state index in [0.717, 1.165) is 17.2 Å². The molecule has 0 fully saturated rings. The predicted octanol–water partition coefficient (Wildman–Crippen LogP) is 1.79. The van der Waals surface area contributed by atoms with E-state index in [2.05, 4.69) is 32.3 Å². The van der Waals surface area contributed by atoms with Crippen molar-refractivity contribution in [1.29, 1.82) is 0 Å². The highest BCUT2D eigenvalue weighted by atomic mass is 32.1. The summed E-state index contributed by atoms with van der Waals surface area (Å²) in [5.74, 6) is 0.854. The van der Waals surface area contributed by atoms with E-state index in [1.807, 2.05) is 22.3 Å². The molecule has 24 heavy (non-hydrogen) atoms. The molecule has 1 atom stereocenters. The fourth-order valence-electron chi connectivity index (χ4n) is 2.21. The van der Waals surface area contributed by atoms with Crippen LogP contribution in [0.4, 0.5) is 0 Å². The first kappa shape index (κ1) is 16.3. The van der Waals surface area contributed by atoms with Gasteiger partial charge in [-0.15, -0.1) is 11.3 Å². The summed E-state index contributed by atoms with van der Waals surface area (Å²) in [7, 11) is 0. The van der Waals surface area contributed by atoms with E-state index in [-0.39, 0.29) is 12.3 Å². The van der Waals surface area contributed by atoms with Crippen LogP contribution in [0.3, 0.4) is 0 Å². The van der Waals surface area contributed by atoms with Gasteiger partial charge in [0.15, 0.2) is 10.8 Å². The molecule has 3 rings (SSSR count). The highest BCUT2D eigenvalue weighted by Gasteiger charge is 2.11. The van der Waals surface area contributed by atoms with Crippen LogP contribution in [0.2, 0.25) is 0 Å². The summed E-state index contributed by atoms with van der Waals surface area (Å²) in [5, 5.41) is 9.71. The standard InChI is InChI=1S/C16H18N6OS/c1-12(10-22-7-3-6-20-22)9-19-14(23)8-13-11-24-16(21-13)15-17-4-2-5-18-15/h2-7,11-12H,8-10H2,1H3,(H,19,23)/t12-/m0/s1. The van der Waals surface area contributed by atoms with Gasteiger partial charge in [0.1, 0.15) is 0 Å². The number of nitrogens with zero attached hydrogens (tertiary/aromatic N) is 5. The molecule has 0 aliphatic heterocycles. The minimum absolute atomic E-state index is 0.0341. The maximum Gasteiger partial charge on any atom is 0.226 e. The van der Waals surface area contributed by atoms with Gasteiger partial charge in [-0.2, -0.15) is 5.10 Å². The topological polar surface area (TPSA) is 85.6 Å². The summed E-state index contributed by atoms with van der Waals surface area (Å²) in [4.78, 5) is 24.8. The van der Waals surface area contributed by atoms with Crippen LogP contribution in [-0.2, 0) is 17.8 Å². The molecule has 0 bridgehead atoms. The number of aromatic nitrogens is 5. The van der Waals surface area contributed by atoms with Gasteiger partial charge in [0.05, 0.1) is 12.1 Å². The van der Waals surface area contributed by atoms with E-state index >= 15 is 0 Å². The lowest BCUT2D eigenvalue weighted by molar-refractivity contribution is -0.120. The number of rotatable bonds is 7. The molecule has 3 heterocycles. The van der Waals surface area contributed by atoms with E-state index < -0.39 is 0 Å². The van der Waals surface area contributed by atoms with Crippen molar-refractivity contribution in [1.82, 2.24) is 30.0 Å². The summed E-state index contributed by atoms with van der Waals surface area (Å²) in [5.41, 5.74) is 0.736. The molecule has 8 heteroatoms. The monoisotopic (exact) mass is 342 g/mol. The third-order valence-electron chi connectivity index (χ3n) is 3.36. The van der Waals surface area contributed by atoms with E-state index in [1.54, 1.807) is 24.7 Å². The zero-order valence-electron chi connectivity index (χ0n) is 13.3. The van der Waals surface area contributed by atoms with Gasteiger partial charge in [-0.1, -0.05) is 6.92 Å². The molecule has 0 unspecified atom stereocenters. The Morgan fingerprint density at radius 1 is 1.29 bits per heavy atom. The molecule has 7 nitrogen and oxygen atoms in total. The predicted molar refractivity (Wildman–Crippen MR) is 91.2 cm³/mol. The highest BCUT2D eigenvalue weighted by molar-refractivity contribution is 7.13. The Bertz CT molecular complexity index is 771. The lowest BCUT2D eigenvalue weighted by Gasteiger charge is -2.12. The molecule has 0 saturated heterocycles. The Morgan fingerprint density at radius 3 is 2.88 bits per heavy atom. The van der Waals surface area contributed by atoms with Crippen LogP contribution in [0.15, 0.2) is 42.3 Å². The Kier molecular flexibility index (Phi) is 5.27. The van der Waals surface area contributed by atoms with Gasteiger partial charge in [0, 0.05) is 43.3 Å². The van der Waals surface area contributed by atoms with Gasteiger partial charge in [-0.25, -0.2) is 15.0 Å². The van der Waals surface area contributed by atoms with Crippen molar-refractivity contribution >= 4 is 17.2 Å². The van der Waals surface area contributed by atoms with Crippen molar-refractivity contribution in [3.8, 4) is 10.8 Å². The normalized spacial score (nSPS) is 12.0. The van der Waals surface area contributed by atoms with Crippen molar-refractivity contribution in [3.05, 3.63) is 48.0 Å². The average molecular weight is 342 g/mol. The molecule has 0 radical (unpaired) electrons. The number of carbonyl (C=O) groups excluding carboxylic acids is 1. The van der Waals surface area contributed by atoms with Crippen LogP contribution < -0.4 is 5.32 Å². The molecule has 3 aromatic heterocycles. The largest absolute Gasteiger partial charge is 0.355 e. The molecular formula is C16H18N6OS. The van der Waals surface area contributed by atoms with Crippen molar-refractivity contribution in [2.45, 2.75) is 19.9 Å². The first-order valence-electron chi connectivity index (χ1n) is 7.66. The molecule has 1 N–H and O–H groups in total. The second-order valence-electron chi connectivity index (χ2n) is 5.53. The minimum atomic E-state index is -0.0341. The van der Waals surface area contributed by atoms with Gasteiger partial charge in [-0.05, 0) is 18.1 Å². The lowest BCUT2D eigenvalue weighted by Crippen LogP contribution is -2.31. The van der Waals surface area contributed by atoms with Crippen LogP contribution >= 0.6 is 11.3 Å². The van der Waals surface area contributed by atoms with Gasteiger partial charge in [0.2, 0.25) is 5.91 Å². The second kappa shape index (κ2) is 7.78. The third kappa shape index (κ3) is 4.45. The molecule has 0 saturated carbocycles. The number of nitrogens with one attached hydrogen (secondary N) is 1. The van der Waals surface area contributed by atoms with Crippen LogP contribution in [0, 0.1) is 5.92 Å². The molecule has 0 spiro atoms. The molecule has 3 aromatic rings. The quantitative estimate of drug-likeness (QED) is 0.707. The Morgan fingerprint density at radius 2 is 2.12 bits per heavy atom. The Hall–Kier alpha value is -2.61. The van der Waals surface area contributed by atoms with Crippen LogP contribution in [0.5, 0.6) is 0 Å². The van der Waals surface area contributed by atoms with Crippen molar-refractivity contribution in [2.75, 3.05) is 6.54 Å². The molecule has 124 valence electrons. The fourth-order valence-corrected chi connectivity index (χ4v) is 2.97. The number of thiazole rings is 1. The molecule has 1 amide bonds. The summed E-state index contributed by atoms with van der Waals surface area (Å²) < 4.78 is 1.86. The van der Waals surface area contributed by atoms with Crippen molar-refractivity contribution in [3.63, 3.8) is 0 Å². The van der Waals surface area contributed by atoms with E-state index in [1.165, 1.54) is 11.3 Å². The first-order valence-corrected chi connectivity index (χ1v) is 8.54. The van der Waals surface area contributed by atoms with Crippen molar-refractivity contribution in [2.24, 2.45) is 5.92 Å². The maximum absolute atomic E-state index is 12.1. The Balaban J connectivity index is 1.47. The molecule has 0 aliphatic carbocycles. The zero-order valence-corrected chi connectivity index (χ0v) is 14.1. The van der Waals surface area contributed by atoms with E-state index in [4.69, 9.17) is 0 Å². The van der Waals surface area contributed by atoms with Crippen LogP contribution in [0.25, 0.3) is 10.8 Å². The second-order valence-corrected chi connectivity index (χ2v) is 6.39. The number of hydrogen-bond acceptors (Lipinski definition) is 6. The van der Waals surface area contributed by atoms with Gasteiger partial charge in [0.25, 0.3) is 0 Å². The molecule has 0 aromatic carbocycles. The fraction of sp³-hybridized carbons (Fsp3) is 0.312. The minimum Gasteiger partial charge on any atom is -0.355 e. The average Bonchev–Trinajstić information content (AvgIpc) is 3.26. The summed E-state index contributed by atoms with van der Waals surface area (Å²) >= 11 is 1.44. The SMILES string of the molecule is C[C@@H](CNC(=O)Cc1csc(-c2ncccn2)n1)Cn1cccn1. The summed E-state index contributed by atoms with van der Waals surface area (Å²) in [6.07, 6.45) is 7.29. The first-order chi connectivity index (χ1) is 11.7. The zero-order chi connectivity index (χ0) is 16.8. The number of hydrogen-bond donors (Lipinski definition) is 1. The van der Waals surface area contributed by atoms with Crippen LogP contribution in [-0.4, -0.2) is 37.2 Å². The van der Waals surface area contributed by atoms with Gasteiger partial charge < -0.3 is 5.32 Å². The molecule has 0 aliphatic rings. The summed E-state index contributed by atoms with van der Waals surface area (Å²) in [6, 6.07) is 3.65. The smallest absolute Gasteiger partial charge is 0.226 e. The van der Waals surface area contributed by atoms with Crippen LogP contribution in [0.1, 0.15) is 12.6 Å². The van der Waals surface area contributed by atoms with E-state index in [9.17, 15) is 4.79 Å². The van der Waals surface area contributed by atoms with E-state index in [0.29, 0.717) is 18.3 Å². The molecular weight excluding hydrogens is 324 g/mol. The van der Waals surface area contributed by atoms with Gasteiger partial charge in [-0.3, -0.25) is 9.48 Å². The Labute approximate surface area is 143 Å². The van der Waals surface area contributed by atoms with Crippen molar-refractivity contribution < 1.29 is 4.79 Å². The maximum atomic E-state index is 12.1. The lowest BCUT2D eigenvalue weighted by atomic mass is 10.2. The van der Waals surface area contributed by atoms with Gasteiger partial charge >= 0.3 is 0 Å². The third-order valence-corrected chi connectivity index (χ3v) is 4.24. The number of carbonyl (C=O) groups is 1. The number of amides is 1. The summed E-state index contributed by atoms with van der Waals surface area (Å²) in [6.45, 7) is 3.46. The highest BCUT2D eigenvalue weighted by Crippen LogP contribution is 2.19.